The third-order valence-electron chi connectivity index (χ3n) is 3.30. The van der Waals surface area contributed by atoms with Gasteiger partial charge in [-0.3, -0.25) is 9.59 Å². The Labute approximate surface area is 119 Å². The maximum atomic E-state index is 11.9. The highest BCUT2D eigenvalue weighted by Gasteiger charge is 2.29. The van der Waals surface area contributed by atoms with E-state index in [1.807, 2.05) is 18.2 Å². The fourth-order valence-electron chi connectivity index (χ4n) is 2.33. The molecule has 0 spiro atoms. The summed E-state index contributed by atoms with van der Waals surface area (Å²) in [5, 5.41) is 2.76. The van der Waals surface area contributed by atoms with Crippen LogP contribution in [0.25, 0.3) is 0 Å². The molecule has 1 N–H and O–H groups in total. The molecule has 0 aliphatic carbocycles. The third-order valence-corrected chi connectivity index (χ3v) is 3.30. The Balaban J connectivity index is 1.83. The Hall–Kier alpha value is -2.28. The first-order valence-corrected chi connectivity index (χ1v) is 6.74. The van der Waals surface area contributed by atoms with Crippen molar-refractivity contribution < 1.29 is 9.59 Å². The summed E-state index contributed by atoms with van der Waals surface area (Å²) >= 11 is 0. The van der Waals surface area contributed by atoms with Crippen LogP contribution in [0.2, 0.25) is 0 Å². The molecule has 0 aromatic heterocycles. The number of nitrogens with one attached hydrogen (secondary N) is 1. The Morgan fingerprint density at radius 3 is 2.85 bits per heavy atom. The Morgan fingerprint density at radius 2 is 2.15 bits per heavy atom. The summed E-state index contributed by atoms with van der Waals surface area (Å²) in [4.78, 5) is 25.1. The minimum absolute atomic E-state index is 0.0932. The van der Waals surface area contributed by atoms with Crippen LogP contribution in [0.15, 0.2) is 30.3 Å². The molecule has 1 aromatic carbocycles. The van der Waals surface area contributed by atoms with Crippen LogP contribution in [-0.2, 0) is 16.0 Å². The summed E-state index contributed by atoms with van der Waals surface area (Å²) in [6, 6.07) is 9.95. The lowest BCUT2D eigenvalue weighted by atomic mass is 10.1. The molecule has 1 aliphatic rings. The van der Waals surface area contributed by atoms with E-state index in [4.69, 9.17) is 0 Å². The molecule has 1 aromatic rings. The van der Waals surface area contributed by atoms with Crippen molar-refractivity contribution in [1.29, 1.82) is 0 Å². The van der Waals surface area contributed by atoms with Crippen molar-refractivity contribution in [1.82, 2.24) is 10.2 Å². The number of hydrogen-bond donors (Lipinski definition) is 1. The maximum absolute atomic E-state index is 11.9. The molecule has 4 nitrogen and oxygen atoms in total. The molecular formula is C16H18N2O2. The lowest BCUT2D eigenvalue weighted by Gasteiger charge is -2.16. The average Bonchev–Trinajstić information content (AvgIpc) is 2.78. The van der Waals surface area contributed by atoms with Gasteiger partial charge >= 0.3 is 0 Å². The minimum Gasteiger partial charge on any atom is -0.340 e. The van der Waals surface area contributed by atoms with Crippen molar-refractivity contribution >= 4 is 11.8 Å². The van der Waals surface area contributed by atoms with Crippen molar-refractivity contribution in [2.24, 2.45) is 0 Å². The van der Waals surface area contributed by atoms with E-state index in [0.29, 0.717) is 19.5 Å². The molecule has 0 bridgehead atoms. The lowest BCUT2D eigenvalue weighted by molar-refractivity contribution is -0.127. The largest absolute Gasteiger partial charge is 0.340 e. The summed E-state index contributed by atoms with van der Waals surface area (Å²) in [5.74, 6) is 4.76. The van der Waals surface area contributed by atoms with Gasteiger partial charge in [0.15, 0.2) is 0 Å². The first-order chi connectivity index (χ1) is 9.69. The maximum Gasteiger partial charge on any atom is 0.296 e. The van der Waals surface area contributed by atoms with Gasteiger partial charge in [0.2, 0.25) is 5.91 Å². The van der Waals surface area contributed by atoms with E-state index in [1.165, 1.54) is 5.56 Å². The second-order valence-corrected chi connectivity index (χ2v) is 4.82. The van der Waals surface area contributed by atoms with Crippen LogP contribution >= 0.6 is 0 Å². The second kappa shape index (κ2) is 6.76. The fourth-order valence-corrected chi connectivity index (χ4v) is 2.33. The van der Waals surface area contributed by atoms with Gasteiger partial charge in [-0.1, -0.05) is 36.3 Å². The van der Waals surface area contributed by atoms with Crippen LogP contribution in [-0.4, -0.2) is 35.8 Å². The van der Waals surface area contributed by atoms with Gasteiger partial charge < -0.3 is 10.2 Å². The van der Waals surface area contributed by atoms with E-state index in [0.717, 1.165) is 6.42 Å². The van der Waals surface area contributed by atoms with E-state index < -0.39 is 0 Å². The number of nitrogens with zero attached hydrogens (tertiary/aromatic N) is 1. The summed E-state index contributed by atoms with van der Waals surface area (Å²) < 4.78 is 0. The van der Waals surface area contributed by atoms with Gasteiger partial charge in [-0.2, -0.15) is 0 Å². The van der Waals surface area contributed by atoms with Crippen LogP contribution in [0.5, 0.6) is 0 Å². The van der Waals surface area contributed by atoms with Gasteiger partial charge in [0.1, 0.15) is 0 Å². The lowest BCUT2D eigenvalue weighted by Crippen LogP contribution is -2.36. The molecule has 104 valence electrons. The van der Waals surface area contributed by atoms with E-state index in [2.05, 4.69) is 29.3 Å². The van der Waals surface area contributed by atoms with Crippen molar-refractivity contribution in [2.75, 3.05) is 13.1 Å². The molecule has 1 saturated heterocycles. The van der Waals surface area contributed by atoms with Gasteiger partial charge in [0, 0.05) is 19.5 Å². The van der Waals surface area contributed by atoms with Crippen molar-refractivity contribution in [3.05, 3.63) is 35.9 Å². The summed E-state index contributed by atoms with van der Waals surface area (Å²) in [6.07, 6.45) is 1.20. The number of rotatable bonds is 4. The summed E-state index contributed by atoms with van der Waals surface area (Å²) in [6.45, 7) is 2.88. The summed E-state index contributed by atoms with van der Waals surface area (Å²) in [5.41, 5.74) is 1.21. The predicted molar refractivity (Wildman–Crippen MR) is 76.7 cm³/mol. The van der Waals surface area contributed by atoms with Crippen LogP contribution in [0.3, 0.4) is 0 Å². The normalized spacial score (nSPS) is 17.6. The monoisotopic (exact) mass is 270 g/mol. The molecule has 1 fully saturated rings. The van der Waals surface area contributed by atoms with Crippen LogP contribution < -0.4 is 5.32 Å². The van der Waals surface area contributed by atoms with Crippen LogP contribution in [0.1, 0.15) is 18.9 Å². The number of carbonyl (C=O) groups excluding carboxylic acids is 2. The zero-order valence-corrected chi connectivity index (χ0v) is 11.6. The topological polar surface area (TPSA) is 49.4 Å². The number of hydrogen-bond acceptors (Lipinski definition) is 2. The molecule has 1 heterocycles. The molecule has 4 heteroatoms. The standard InChI is InChI=1S/C16H18N2O2/c1-2-6-15(19)17-14-11-16(20)18(12-14)10-9-13-7-4-3-5-8-13/h3-5,7-8,14H,9-12H2,1H3,(H,17,19). The van der Waals surface area contributed by atoms with Gasteiger partial charge in [-0.15, -0.1) is 0 Å². The molecule has 0 radical (unpaired) electrons. The van der Waals surface area contributed by atoms with Gasteiger partial charge in [0.05, 0.1) is 6.04 Å². The highest BCUT2D eigenvalue weighted by Crippen LogP contribution is 2.12. The Morgan fingerprint density at radius 1 is 1.40 bits per heavy atom. The zero-order valence-electron chi connectivity index (χ0n) is 11.6. The Kier molecular flexibility index (Phi) is 4.78. The highest BCUT2D eigenvalue weighted by molar-refractivity contribution is 5.94. The zero-order chi connectivity index (χ0) is 14.4. The Bertz CT molecular complexity index is 543. The molecular weight excluding hydrogens is 252 g/mol. The number of amides is 2. The number of carbonyl (C=O) groups is 2. The molecule has 2 rings (SSSR count). The first-order valence-electron chi connectivity index (χ1n) is 6.74. The molecule has 2 amide bonds. The van der Waals surface area contributed by atoms with E-state index in [-0.39, 0.29) is 17.9 Å². The van der Waals surface area contributed by atoms with E-state index >= 15 is 0 Å². The van der Waals surface area contributed by atoms with Gasteiger partial charge in [0.25, 0.3) is 5.91 Å². The van der Waals surface area contributed by atoms with Crippen LogP contribution in [0, 0.1) is 11.8 Å². The van der Waals surface area contributed by atoms with Crippen molar-refractivity contribution in [3.8, 4) is 11.8 Å². The minimum atomic E-state index is -0.310. The number of benzene rings is 1. The third kappa shape index (κ3) is 3.86. The molecule has 1 unspecified atom stereocenters. The molecule has 1 atom stereocenters. The molecule has 20 heavy (non-hydrogen) atoms. The number of likely N-dealkylation sites (tertiary alicyclic amines) is 1. The predicted octanol–water partition coefficient (Wildman–Crippen LogP) is 0.969. The fraction of sp³-hybridized carbons (Fsp3) is 0.375. The first kappa shape index (κ1) is 14.1. The van der Waals surface area contributed by atoms with Gasteiger partial charge in [-0.05, 0) is 24.8 Å². The smallest absolute Gasteiger partial charge is 0.296 e. The van der Waals surface area contributed by atoms with E-state index in [1.54, 1.807) is 11.8 Å². The molecule has 1 aliphatic heterocycles. The van der Waals surface area contributed by atoms with E-state index in [9.17, 15) is 9.59 Å². The molecule has 0 saturated carbocycles. The summed E-state index contributed by atoms with van der Waals surface area (Å²) in [7, 11) is 0. The highest BCUT2D eigenvalue weighted by atomic mass is 16.2. The average molecular weight is 270 g/mol. The van der Waals surface area contributed by atoms with Crippen molar-refractivity contribution in [3.63, 3.8) is 0 Å². The van der Waals surface area contributed by atoms with Crippen LogP contribution in [0.4, 0.5) is 0 Å². The SMILES string of the molecule is CC#CC(=O)NC1CC(=O)N(CCc2ccccc2)C1. The quantitative estimate of drug-likeness (QED) is 0.829. The second-order valence-electron chi connectivity index (χ2n) is 4.82. The van der Waals surface area contributed by atoms with Crippen molar-refractivity contribution in [2.45, 2.75) is 25.8 Å². The van der Waals surface area contributed by atoms with Gasteiger partial charge in [-0.25, -0.2) is 0 Å².